The topological polar surface area (TPSA) is 42.3 Å². The van der Waals surface area contributed by atoms with Crippen LogP contribution < -0.4 is 0 Å². The summed E-state index contributed by atoms with van der Waals surface area (Å²) in [5.74, 6) is 0. The highest BCUT2D eigenvalue weighted by Gasteiger charge is 2.37. The van der Waals surface area contributed by atoms with Crippen LogP contribution in [-0.4, -0.2) is 23.8 Å². The number of halogens is 1. The third-order valence-electron chi connectivity index (χ3n) is 4.51. The van der Waals surface area contributed by atoms with E-state index in [9.17, 15) is 8.42 Å². The van der Waals surface area contributed by atoms with Gasteiger partial charge < -0.3 is 4.57 Å². The number of hydrogen-bond donors (Lipinski definition) is 0. The van der Waals surface area contributed by atoms with Crippen LogP contribution in [0.3, 0.4) is 0 Å². The van der Waals surface area contributed by atoms with Crippen molar-refractivity contribution in [2.75, 3.05) is 6.54 Å². The van der Waals surface area contributed by atoms with Crippen LogP contribution in [0.25, 0.3) is 0 Å². The molecular formula is C19H17ClN2O2S. The van der Waals surface area contributed by atoms with E-state index in [4.69, 9.17) is 11.6 Å². The fourth-order valence-electron chi connectivity index (χ4n) is 3.36. The van der Waals surface area contributed by atoms with Gasteiger partial charge in [-0.25, -0.2) is 8.42 Å². The quantitative estimate of drug-likeness (QED) is 0.699. The molecule has 0 aliphatic carbocycles. The number of sulfonamides is 1. The molecule has 128 valence electrons. The van der Waals surface area contributed by atoms with Crippen molar-refractivity contribution in [3.05, 3.63) is 89.2 Å². The van der Waals surface area contributed by atoms with E-state index in [0.717, 1.165) is 11.3 Å². The van der Waals surface area contributed by atoms with Crippen molar-refractivity contribution in [1.82, 2.24) is 8.87 Å². The Morgan fingerprint density at radius 2 is 1.72 bits per heavy atom. The summed E-state index contributed by atoms with van der Waals surface area (Å²) in [4.78, 5) is 0.223. The maximum Gasteiger partial charge on any atom is 0.244 e. The van der Waals surface area contributed by atoms with Crippen molar-refractivity contribution >= 4 is 21.6 Å². The lowest BCUT2D eigenvalue weighted by Gasteiger charge is -2.36. The number of aromatic nitrogens is 1. The summed E-state index contributed by atoms with van der Waals surface area (Å²) in [6, 6.07) is 19.8. The Morgan fingerprint density at radius 3 is 2.48 bits per heavy atom. The normalized spacial score (nSPS) is 18.0. The fourth-order valence-corrected chi connectivity index (χ4v) is 5.24. The molecule has 2 heterocycles. The first-order valence-electron chi connectivity index (χ1n) is 8.05. The van der Waals surface area contributed by atoms with E-state index in [2.05, 4.69) is 4.57 Å². The molecule has 1 aliphatic heterocycles. The molecule has 0 saturated heterocycles. The van der Waals surface area contributed by atoms with Crippen LogP contribution in [0.4, 0.5) is 0 Å². The molecule has 0 bridgehead atoms. The molecule has 0 fully saturated rings. The molecule has 0 saturated carbocycles. The van der Waals surface area contributed by atoms with Gasteiger partial charge >= 0.3 is 0 Å². The van der Waals surface area contributed by atoms with Crippen molar-refractivity contribution in [3.8, 4) is 0 Å². The van der Waals surface area contributed by atoms with Crippen LogP contribution in [0.15, 0.2) is 77.8 Å². The van der Waals surface area contributed by atoms with Gasteiger partial charge in [0.2, 0.25) is 10.0 Å². The number of benzene rings is 2. The van der Waals surface area contributed by atoms with Crippen molar-refractivity contribution < 1.29 is 8.42 Å². The van der Waals surface area contributed by atoms with Gasteiger partial charge in [0.05, 0.1) is 10.9 Å². The van der Waals surface area contributed by atoms with E-state index in [-0.39, 0.29) is 10.9 Å². The summed E-state index contributed by atoms with van der Waals surface area (Å²) in [6.07, 6.45) is 1.99. The van der Waals surface area contributed by atoms with Gasteiger partial charge in [-0.05, 0) is 35.9 Å². The average molecular weight is 373 g/mol. The highest BCUT2D eigenvalue weighted by Crippen LogP contribution is 2.36. The van der Waals surface area contributed by atoms with E-state index < -0.39 is 10.0 Å². The Labute approximate surface area is 152 Å². The average Bonchev–Trinajstić information content (AvgIpc) is 3.10. The Kier molecular flexibility index (Phi) is 4.15. The summed E-state index contributed by atoms with van der Waals surface area (Å²) >= 11 is 6.02. The third kappa shape index (κ3) is 2.88. The Hall–Kier alpha value is -2.08. The van der Waals surface area contributed by atoms with Gasteiger partial charge in [0.25, 0.3) is 0 Å². The molecule has 6 heteroatoms. The minimum atomic E-state index is -3.67. The van der Waals surface area contributed by atoms with E-state index in [1.807, 2.05) is 48.7 Å². The lowest BCUT2D eigenvalue weighted by Crippen LogP contribution is -2.42. The molecule has 2 aromatic carbocycles. The predicted octanol–water partition coefficient (Wildman–Crippen LogP) is 3.94. The lowest BCUT2D eigenvalue weighted by molar-refractivity contribution is 0.298. The fraction of sp³-hybridized carbons (Fsp3) is 0.158. The Balaban J connectivity index is 1.86. The van der Waals surface area contributed by atoms with Crippen LogP contribution in [0.1, 0.15) is 17.3 Å². The van der Waals surface area contributed by atoms with Crippen LogP contribution in [0, 0.1) is 0 Å². The molecule has 4 nitrogen and oxygen atoms in total. The first-order chi connectivity index (χ1) is 12.1. The maximum atomic E-state index is 13.3. The number of rotatable bonds is 3. The molecule has 0 spiro atoms. The lowest BCUT2D eigenvalue weighted by atomic mass is 10.0. The molecule has 25 heavy (non-hydrogen) atoms. The van der Waals surface area contributed by atoms with Gasteiger partial charge in [-0.3, -0.25) is 0 Å². The zero-order chi connectivity index (χ0) is 17.4. The van der Waals surface area contributed by atoms with E-state index >= 15 is 0 Å². The SMILES string of the molecule is O=S(=O)(c1cccc(Cl)c1)N1CCn2cccc2[C@H]1c1ccccc1. The summed E-state index contributed by atoms with van der Waals surface area (Å²) in [6.45, 7) is 1.04. The highest BCUT2D eigenvalue weighted by molar-refractivity contribution is 7.89. The van der Waals surface area contributed by atoms with Crippen molar-refractivity contribution in [3.63, 3.8) is 0 Å². The monoisotopic (exact) mass is 372 g/mol. The minimum absolute atomic E-state index is 0.223. The van der Waals surface area contributed by atoms with Gasteiger partial charge in [-0.1, -0.05) is 48.0 Å². The van der Waals surface area contributed by atoms with Crippen molar-refractivity contribution in [2.45, 2.75) is 17.5 Å². The Morgan fingerprint density at radius 1 is 0.920 bits per heavy atom. The van der Waals surface area contributed by atoms with Gasteiger partial charge in [-0.2, -0.15) is 4.31 Å². The minimum Gasteiger partial charge on any atom is -0.348 e. The molecule has 4 rings (SSSR count). The predicted molar refractivity (Wildman–Crippen MR) is 98.1 cm³/mol. The molecule has 0 radical (unpaired) electrons. The summed E-state index contributed by atoms with van der Waals surface area (Å²) in [5.41, 5.74) is 1.93. The molecule has 0 N–H and O–H groups in total. The van der Waals surface area contributed by atoms with Crippen molar-refractivity contribution in [1.29, 1.82) is 0 Å². The largest absolute Gasteiger partial charge is 0.348 e. The number of hydrogen-bond acceptors (Lipinski definition) is 2. The van der Waals surface area contributed by atoms with Crippen LogP contribution >= 0.6 is 11.6 Å². The second-order valence-electron chi connectivity index (χ2n) is 6.01. The molecule has 0 unspecified atom stereocenters. The zero-order valence-electron chi connectivity index (χ0n) is 13.4. The molecule has 1 aliphatic rings. The van der Waals surface area contributed by atoms with Crippen molar-refractivity contribution in [2.24, 2.45) is 0 Å². The van der Waals surface area contributed by atoms with Gasteiger partial charge in [-0.15, -0.1) is 0 Å². The van der Waals surface area contributed by atoms with Gasteiger partial charge in [0.15, 0.2) is 0 Å². The van der Waals surface area contributed by atoms with E-state index in [0.29, 0.717) is 18.1 Å². The zero-order valence-corrected chi connectivity index (χ0v) is 15.0. The maximum absolute atomic E-state index is 13.3. The van der Waals surface area contributed by atoms with Gasteiger partial charge in [0.1, 0.15) is 0 Å². The molecule has 3 aromatic rings. The van der Waals surface area contributed by atoms with E-state index in [1.54, 1.807) is 22.5 Å². The first-order valence-corrected chi connectivity index (χ1v) is 9.86. The molecule has 0 amide bonds. The Bertz CT molecular complexity index is 999. The molecular weight excluding hydrogens is 356 g/mol. The smallest absolute Gasteiger partial charge is 0.244 e. The number of fused-ring (bicyclic) bond motifs is 1. The summed E-state index contributed by atoms with van der Waals surface area (Å²) < 4.78 is 30.3. The second-order valence-corrected chi connectivity index (χ2v) is 8.34. The molecule has 1 atom stereocenters. The van der Waals surface area contributed by atoms with Crippen LogP contribution in [0.5, 0.6) is 0 Å². The van der Waals surface area contributed by atoms with Crippen LogP contribution in [-0.2, 0) is 16.6 Å². The standard InChI is InChI=1S/C19H17ClN2O2S/c20-16-8-4-9-17(14-16)25(23,24)22-13-12-21-11-5-10-18(21)19(22)15-6-2-1-3-7-15/h1-11,14,19H,12-13H2/t19-/m1/s1. The van der Waals surface area contributed by atoms with E-state index in [1.165, 1.54) is 6.07 Å². The second kappa shape index (κ2) is 6.33. The highest BCUT2D eigenvalue weighted by atomic mass is 35.5. The summed E-state index contributed by atoms with van der Waals surface area (Å²) in [7, 11) is -3.67. The van der Waals surface area contributed by atoms with Crippen LogP contribution in [0.2, 0.25) is 5.02 Å². The van der Waals surface area contributed by atoms with Gasteiger partial charge in [0, 0.05) is 30.0 Å². The third-order valence-corrected chi connectivity index (χ3v) is 6.61. The molecule has 1 aromatic heterocycles. The summed E-state index contributed by atoms with van der Waals surface area (Å²) in [5, 5.41) is 0.415. The first kappa shape index (κ1) is 16.4. The number of nitrogens with zero attached hydrogens (tertiary/aromatic N) is 2.